The normalized spacial score (nSPS) is 10.6. The van der Waals surface area contributed by atoms with Gasteiger partial charge < -0.3 is 9.73 Å². The number of furan rings is 1. The van der Waals surface area contributed by atoms with E-state index in [4.69, 9.17) is 4.42 Å². The molecule has 2 heterocycles. The van der Waals surface area contributed by atoms with Crippen molar-refractivity contribution in [2.75, 3.05) is 6.54 Å². The van der Waals surface area contributed by atoms with Gasteiger partial charge in [-0.05, 0) is 13.0 Å². The predicted molar refractivity (Wildman–Crippen MR) is 87.0 cm³/mol. The number of nitrogens with one attached hydrogen (secondary N) is 1. The largest absolute Gasteiger partial charge is 0.459 e. The second-order valence-corrected chi connectivity index (χ2v) is 5.81. The summed E-state index contributed by atoms with van der Waals surface area (Å²) in [6, 6.07) is 11.9. The van der Waals surface area contributed by atoms with Crippen LogP contribution in [0.5, 0.6) is 0 Å². The maximum atomic E-state index is 11.9. The second-order valence-electron chi connectivity index (χ2n) is 4.95. The maximum Gasteiger partial charge on any atom is 0.287 e. The highest BCUT2D eigenvalue weighted by Crippen LogP contribution is 2.23. The van der Waals surface area contributed by atoms with Crippen molar-refractivity contribution in [1.29, 1.82) is 0 Å². The summed E-state index contributed by atoms with van der Waals surface area (Å²) >= 11 is 1.62. The molecule has 0 unspecified atom stereocenters. The third-order valence-electron chi connectivity index (χ3n) is 3.31. The Bertz CT molecular complexity index is 762. The van der Waals surface area contributed by atoms with Gasteiger partial charge in [-0.1, -0.05) is 30.3 Å². The highest BCUT2D eigenvalue weighted by atomic mass is 32.1. The smallest absolute Gasteiger partial charge is 0.287 e. The van der Waals surface area contributed by atoms with Gasteiger partial charge in [0.2, 0.25) is 0 Å². The minimum absolute atomic E-state index is 0.180. The lowest BCUT2D eigenvalue weighted by Crippen LogP contribution is -2.25. The van der Waals surface area contributed by atoms with Gasteiger partial charge in [0.15, 0.2) is 5.76 Å². The molecule has 112 valence electrons. The van der Waals surface area contributed by atoms with E-state index in [1.807, 2.05) is 42.6 Å². The molecule has 5 heteroatoms. The number of rotatable bonds is 5. The molecule has 22 heavy (non-hydrogen) atoms. The van der Waals surface area contributed by atoms with Crippen molar-refractivity contribution in [1.82, 2.24) is 10.3 Å². The molecule has 3 rings (SSSR count). The van der Waals surface area contributed by atoms with Crippen molar-refractivity contribution < 1.29 is 9.21 Å². The molecule has 0 aliphatic heterocycles. The fourth-order valence-corrected chi connectivity index (χ4v) is 2.99. The van der Waals surface area contributed by atoms with Crippen LogP contribution in [0.15, 0.2) is 52.5 Å². The van der Waals surface area contributed by atoms with E-state index < -0.39 is 0 Å². The zero-order valence-electron chi connectivity index (χ0n) is 12.2. The molecule has 4 nitrogen and oxygen atoms in total. The Hall–Kier alpha value is -2.40. The summed E-state index contributed by atoms with van der Waals surface area (Å²) in [7, 11) is 0. The summed E-state index contributed by atoms with van der Waals surface area (Å²) in [5.74, 6) is 0.198. The summed E-state index contributed by atoms with van der Waals surface area (Å²) in [6.45, 7) is 2.39. The monoisotopic (exact) mass is 312 g/mol. The number of aryl methyl sites for hydroxylation is 1. The summed E-state index contributed by atoms with van der Waals surface area (Å²) in [6.07, 6.45) is 2.23. The molecule has 0 aliphatic carbocycles. The lowest BCUT2D eigenvalue weighted by molar-refractivity contribution is 0.0925. The zero-order chi connectivity index (χ0) is 15.4. The lowest BCUT2D eigenvalue weighted by atomic mass is 10.2. The summed E-state index contributed by atoms with van der Waals surface area (Å²) in [4.78, 5) is 16.5. The van der Waals surface area contributed by atoms with Gasteiger partial charge in [-0.25, -0.2) is 4.98 Å². The van der Waals surface area contributed by atoms with Gasteiger partial charge in [0, 0.05) is 29.5 Å². The highest BCUT2D eigenvalue weighted by molar-refractivity contribution is 7.13. The number of nitrogens with zero attached hydrogens (tertiary/aromatic N) is 1. The van der Waals surface area contributed by atoms with Crippen LogP contribution in [0.4, 0.5) is 0 Å². The van der Waals surface area contributed by atoms with Gasteiger partial charge in [0.25, 0.3) is 5.91 Å². The topological polar surface area (TPSA) is 55.1 Å². The van der Waals surface area contributed by atoms with E-state index in [0.717, 1.165) is 21.8 Å². The van der Waals surface area contributed by atoms with Crippen LogP contribution in [0.3, 0.4) is 0 Å². The van der Waals surface area contributed by atoms with Crippen molar-refractivity contribution in [3.63, 3.8) is 0 Å². The molecule has 0 aliphatic rings. The predicted octanol–water partition coefficient (Wildman–Crippen LogP) is 3.68. The summed E-state index contributed by atoms with van der Waals surface area (Å²) in [5.41, 5.74) is 2.95. The summed E-state index contributed by atoms with van der Waals surface area (Å²) in [5, 5.41) is 5.89. The lowest BCUT2D eigenvalue weighted by Gasteiger charge is -2.02. The van der Waals surface area contributed by atoms with Crippen LogP contribution in [0, 0.1) is 6.92 Å². The van der Waals surface area contributed by atoms with Crippen LogP contribution in [-0.2, 0) is 6.42 Å². The van der Waals surface area contributed by atoms with E-state index in [-0.39, 0.29) is 5.91 Å². The maximum absolute atomic E-state index is 11.9. The van der Waals surface area contributed by atoms with Crippen LogP contribution < -0.4 is 5.32 Å². The number of amides is 1. The molecule has 2 aromatic heterocycles. The number of hydrogen-bond donors (Lipinski definition) is 1. The first kappa shape index (κ1) is 14.5. The number of carbonyl (C=O) groups excluding carboxylic acids is 1. The minimum Gasteiger partial charge on any atom is -0.459 e. The first-order valence-electron chi connectivity index (χ1n) is 7.06. The average Bonchev–Trinajstić information content (AvgIpc) is 3.17. The molecule has 1 aromatic carbocycles. The first-order valence-corrected chi connectivity index (χ1v) is 7.94. The molecule has 3 aromatic rings. The third kappa shape index (κ3) is 3.26. The molecular weight excluding hydrogens is 296 g/mol. The van der Waals surface area contributed by atoms with E-state index in [2.05, 4.69) is 10.3 Å². The third-order valence-corrected chi connectivity index (χ3v) is 4.25. The minimum atomic E-state index is -0.180. The summed E-state index contributed by atoms with van der Waals surface area (Å²) < 4.78 is 5.17. The van der Waals surface area contributed by atoms with E-state index in [1.165, 1.54) is 6.26 Å². The second kappa shape index (κ2) is 6.58. The van der Waals surface area contributed by atoms with E-state index >= 15 is 0 Å². The van der Waals surface area contributed by atoms with Gasteiger partial charge in [-0.3, -0.25) is 4.79 Å². The fourth-order valence-electron chi connectivity index (χ4n) is 2.12. The standard InChI is InChI=1S/C17H16N2O2S/c1-12-8-10-21-15(12)16(20)18-9-7-14-11-22-17(19-14)13-5-3-2-4-6-13/h2-6,8,10-11H,7,9H2,1H3,(H,18,20). The van der Waals surface area contributed by atoms with Gasteiger partial charge in [-0.2, -0.15) is 0 Å². The molecule has 0 saturated carbocycles. The van der Waals surface area contributed by atoms with Crippen molar-refractivity contribution >= 4 is 17.2 Å². The van der Waals surface area contributed by atoms with Gasteiger partial charge >= 0.3 is 0 Å². The fraction of sp³-hybridized carbons (Fsp3) is 0.176. The molecular formula is C17H16N2O2S. The van der Waals surface area contributed by atoms with Crippen LogP contribution >= 0.6 is 11.3 Å². The van der Waals surface area contributed by atoms with Crippen LogP contribution in [0.25, 0.3) is 10.6 Å². The molecule has 0 radical (unpaired) electrons. The van der Waals surface area contributed by atoms with E-state index in [1.54, 1.807) is 17.4 Å². The first-order chi connectivity index (χ1) is 10.7. The van der Waals surface area contributed by atoms with Gasteiger partial charge in [-0.15, -0.1) is 11.3 Å². The Morgan fingerprint density at radius 3 is 2.82 bits per heavy atom. The molecule has 0 bridgehead atoms. The van der Waals surface area contributed by atoms with Gasteiger partial charge in [0.1, 0.15) is 5.01 Å². The Morgan fingerprint density at radius 1 is 1.27 bits per heavy atom. The van der Waals surface area contributed by atoms with Crippen molar-refractivity contribution in [3.8, 4) is 10.6 Å². The average molecular weight is 312 g/mol. The number of thiazole rings is 1. The Balaban J connectivity index is 1.56. The number of carbonyl (C=O) groups is 1. The highest BCUT2D eigenvalue weighted by Gasteiger charge is 2.12. The quantitative estimate of drug-likeness (QED) is 0.782. The van der Waals surface area contributed by atoms with E-state index in [9.17, 15) is 4.79 Å². The molecule has 0 saturated heterocycles. The Kier molecular flexibility index (Phi) is 4.34. The van der Waals surface area contributed by atoms with Crippen molar-refractivity contribution in [2.24, 2.45) is 0 Å². The Morgan fingerprint density at radius 2 is 2.09 bits per heavy atom. The Labute approximate surface area is 132 Å². The molecule has 0 spiro atoms. The van der Waals surface area contributed by atoms with Crippen molar-refractivity contribution in [2.45, 2.75) is 13.3 Å². The molecule has 1 N–H and O–H groups in total. The van der Waals surface area contributed by atoms with Crippen LogP contribution in [0.2, 0.25) is 0 Å². The molecule has 0 fully saturated rings. The SMILES string of the molecule is Cc1ccoc1C(=O)NCCc1csc(-c2ccccc2)n1. The number of hydrogen-bond acceptors (Lipinski definition) is 4. The molecule has 0 atom stereocenters. The van der Waals surface area contributed by atoms with Gasteiger partial charge in [0.05, 0.1) is 12.0 Å². The number of aromatic nitrogens is 1. The number of benzene rings is 1. The molecule has 1 amide bonds. The van der Waals surface area contributed by atoms with Crippen LogP contribution in [-0.4, -0.2) is 17.4 Å². The van der Waals surface area contributed by atoms with E-state index in [0.29, 0.717) is 18.7 Å². The van der Waals surface area contributed by atoms with Crippen LogP contribution in [0.1, 0.15) is 21.8 Å². The van der Waals surface area contributed by atoms with Crippen molar-refractivity contribution in [3.05, 3.63) is 65.1 Å². The zero-order valence-corrected chi connectivity index (χ0v) is 13.0.